The molecule has 22 heavy (non-hydrogen) atoms. The van der Waals surface area contributed by atoms with Crippen LogP contribution >= 0.6 is 0 Å². The number of hydrogen-bond donors (Lipinski definition) is 1. The maximum atomic E-state index is 12.2. The summed E-state index contributed by atoms with van der Waals surface area (Å²) in [6.45, 7) is 5.28. The van der Waals surface area contributed by atoms with Crippen molar-refractivity contribution in [1.29, 1.82) is 0 Å². The first-order valence-electron chi connectivity index (χ1n) is 8.92. The summed E-state index contributed by atoms with van der Waals surface area (Å²) in [7, 11) is 0. The molecule has 124 valence electrons. The second-order valence-electron chi connectivity index (χ2n) is 7.00. The highest BCUT2D eigenvalue weighted by atomic mass is 16.3. The number of nitrogens with zero attached hydrogens (tertiary/aromatic N) is 1. The molecule has 1 N–H and O–H groups in total. The van der Waals surface area contributed by atoms with Gasteiger partial charge in [0, 0.05) is 19.0 Å². The fraction of sp³-hybridized carbons (Fsp3) is 0.737. The van der Waals surface area contributed by atoms with E-state index in [1.807, 2.05) is 0 Å². The number of rotatable bonds is 8. The van der Waals surface area contributed by atoms with Crippen LogP contribution in [0.3, 0.4) is 0 Å². The number of piperidine rings is 1. The minimum atomic E-state index is -0.270. The molecule has 0 aromatic rings. The van der Waals surface area contributed by atoms with Gasteiger partial charge in [0.1, 0.15) is 0 Å². The number of likely N-dealkylation sites (tertiary alicyclic amines) is 1. The zero-order chi connectivity index (χ0) is 15.9. The van der Waals surface area contributed by atoms with E-state index in [2.05, 4.69) is 37.0 Å². The SMILES string of the molecule is CC[C@H](C)CN1C(=O)CCC[C@@H]1CCC(O)CC1=CC=CC1. The van der Waals surface area contributed by atoms with Crippen molar-refractivity contribution in [2.45, 2.75) is 77.4 Å². The quantitative estimate of drug-likeness (QED) is 0.740. The third-order valence-corrected chi connectivity index (χ3v) is 5.07. The molecule has 1 aliphatic heterocycles. The van der Waals surface area contributed by atoms with Gasteiger partial charge in [-0.25, -0.2) is 0 Å². The Kier molecular flexibility index (Phi) is 6.69. The van der Waals surface area contributed by atoms with E-state index in [1.165, 1.54) is 5.57 Å². The lowest BCUT2D eigenvalue weighted by molar-refractivity contribution is -0.137. The van der Waals surface area contributed by atoms with E-state index in [0.717, 1.165) is 51.5 Å². The van der Waals surface area contributed by atoms with E-state index in [-0.39, 0.29) is 6.10 Å². The Labute approximate surface area is 135 Å². The molecule has 3 nitrogen and oxygen atoms in total. The maximum Gasteiger partial charge on any atom is 0.222 e. The average Bonchev–Trinajstić information content (AvgIpc) is 3.00. The maximum absolute atomic E-state index is 12.2. The van der Waals surface area contributed by atoms with Crippen LogP contribution in [0, 0.1) is 5.92 Å². The molecule has 1 amide bonds. The second-order valence-corrected chi connectivity index (χ2v) is 7.00. The average molecular weight is 305 g/mol. The van der Waals surface area contributed by atoms with Gasteiger partial charge >= 0.3 is 0 Å². The highest BCUT2D eigenvalue weighted by Gasteiger charge is 2.29. The van der Waals surface area contributed by atoms with Gasteiger partial charge in [0.2, 0.25) is 5.91 Å². The molecular formula is C19H31NO2. The fourth-order valence-corrected chi connectivity index (χ4v) is 3.44. The van der Waals surface area contributed by atoms with Crippen LogP contribution in [0.4, 0.5) is 0 Å². The van der Waals surface area contributed by atoms with Gasteiger partial charge in [0.15, 0.2) is 0 Å². The van der Waals surface area contributed by atoms with E-state index in [1.54, 1.807) is 0 Å². The first kappa shape index (κ1) is 17.3. The van der Waals surface area contributed by atoms with Crippen molar-refractivity contribution in [2.24, 2.45) is 5.92 Å². The minimum absolute atomic E-state index is 0.270. The lowest BCUT2D eigenvalue weighted by Gasteiger charge is -2.37. The molecule has 0 saturated carbocycles. The number of hydrogen-bond acceptors (Lipinski definition) is 2. The van der Waals surface area contributed by atoms with E-state index >= 15 is 0 Å². The summed E-state index contributed by atoms with van der Waals surface area (Å²) in [5.74, 6) is 0.873. The molecule has 1 saturated heterocycles. The van der Waals surface area contributed by atoms with E-state index in [4.69, 9.17) is 0 Å². The lowest BCUT2D eigenvalue weighted by Crippen LogP contribution is -2.46. The van der Waals surface area contributed by atoms with Crippen LogP contribution < -0.4 is 0 Å². The van der Waals surface area contributed by atoms with Crippen molar-refractivity contribution < 1.29 is 9.90 Å². The summed E-state index contributed by atoms with van der Waals surface area (Å²) in [6.07, 6.45) is 13.5. The first-order chi connectivity index (χ1) is 10.6. The molecule has 1 fully saturated rings. The van der Waals surface area contributed by atoms with Crippen molar-refractivity contribution in [3.8, 4) is 0 Å². The number of carbonyl (C=O) groups excluding carboxylic acids is 1. The fourth-order valence-electron chi connectivity index (χ4n) is 3.44. The smallest absolute Gasteiger partial charge is 0.222 e. The van der Waals surface area contributed by atoms with Crippen molar-refractivity contribution in [3.63, 3.8) is 0 Å². The molecule has 1 heterocycles. The Morgan fingerprint density at radius 3 is 2.95 bits per heavy atom. The Hall–Kier alpha value is -1.09. The van der Waals surface area contributed by atoms with Crippen molar-refractivity contribution in [2.75, 3.05) is 6.54 Å². The van der Waals surface area contributed by atoms with Gasteiger partial charge in [0.05, 0.1) is 6.10 Å². The molecule has 3 atom stereocenters. The highest BCUT2D eigenvalue weighted by Crippen LogP contribution is 2.26. The molecule has 1 aliphatic carbocycles. The molecule has 0 aromatic carbocycles. The van der Waals surface area contributed by atoms with E-state index in [9.17, 15) is 9.90 Å². The zero-order valence-electron chi connectivity index (χ0n) is 14.1. The largest absolute Gasteiger partial charge is 0.393 e. The summed E-state index contributed by atoms with van der Waals surface area (Å²) in [5, 5.41) is 10.2. The van der Waals surface area contributed by atoms with Crippen molar-refractivity contribution in [1.82, 2.24) is 4.90 Å². The third kappa shape index (κ3) is 4.98. The second kappa shape index (κ2) is 8.52. The monoisotopic (exact) mass is 305 g/mol. The van der Waals surface area contributed by atoms with Crippen LogP contribution in [0.2, 0.25) is 0 Å². The molecule has 1 unspecified atom stereocenters. The molecule has 3 heteroatoms. The number of carbonyl (C=O) groups is 1. The Morgan fingerprint density at radius 2 is 2.27 bits per heavy atom. The molecule has 0 radical (unpaired) electrons. The topological polar surface area (TPSA) is 40.5 Å². The third-order valence-electron chi connectivity index (χ3n) is 5.07. The lowest BCUT2D eigenvalue weighted by atomic mass is 9.93. The normalized spacial score (nSPS) is 24.5. The van der Waals surface area contributed by atoms with Gasteiger partial charge in [-0.15, -0.1) is 0 Å². The van der Waals surface area contributed by atoms with Crippen LogP contribution in [0.25, 0.3) is 0 Å². The number of amides is 1. The van der Waals surface area contributed by atoms with Gasteiger partial charge in [0.25, 0.3) is 0 Å². The van der Waals surface area contributed by atoms with Crippen molar-refractivity contribution >= 4 is 5.91 Å². The summed E-state index contributed by atoms with van der Waals surface area (Å²) < 4.78 is 0. The zero-order valence-corrected chi connectivity index (χ0v) is 14.1. The van der Waals surface area contributed by atoms with Gasteiger partial charge in [-0.3, -0.25) is 4.79 Å². The summed E-state index contributed by atoms with van der Waals surface area (Å²) in [6, 6.07) is 0.334. The number of allylic oxidation sites excluding steroid dienone is 3. The van der Waals surface area contributed by atoms with Gasteiger partial charge in [-0.05, 0) is 44.4 Å². The summed E-state index contributed by atoms with van der Waals surface area (Å²) >= 11 is 0. The minimum Gasteiger partial charge on any atom is -0.393 e. The number of aliphatic hydroxyl groups excluding tert-OH is 1. The van der Waals surface area contributed by atoms with Gasteiger partial charge in [-0.1, -0.05) is 44.1 Å². The van der Waals surface area contributed by atoms with Crippen LogP contribution in [-0.4, -0.2) is 34.6 Å². The predicted molar refractivity (Wildman–Crippen MR) is 90.5 cm³/mol. The molecular weight excluding hydrogens is 274 g/mol. The highest BCUT2D eigenvalue weighted by molar-refractivity contribution is 5.77. The standard InChI is InChI=1S/C19H31NO2/c1-3-15(2)14-20-17(9-6-10-19(20)22)11-12-18(21)13-16-7-4-5-8-16/h4-5,7,15,17-18,21H,3,6,8-14H2,1-2H3/t15-,17+,18?/m0/s1. The van der Waals surface area contributed by atoms with Crippen molar-refractivity contribution in [3.05, 3.63) is 23.8 Å². The predicted octanol–water partition coefficient (Wildman–Crippen LogP) is 3.83. The van der Waals surface area contributed by atoms with E-state index < -0.39 is 0 Å². The molecule has 0 spiro atoms. The molecule has 2 rings (SSSR count). The Balaban J connectivity index is 1.81. The Bertz CT molecular complexity index is 427. The van der Waals surface area contributed by atoms with Crippen LogP contribution in [0.15, 0.2) is 23.8 Å². The van der Waals surface area contributed by atoms with E-state index in [0.29, 0.717) is 24.3 Å². The van der Waals surface area contributed by atoms with Gasteiger partial charge in [-0.2, -0.15) is 0 Å². The first-order valence-corrected chi connectivity index (χ1v) is 8.92. The molecule has 0 aromatic heterocycles. The summed E-state index contributed by atoms with van der Waals surface area (Å²) in [5.41, 5.74) is 1.32. The number of aliphatic hydroxyl groups is 1. The van der Waals surface area contributed by atoms with Crippen LogP contribution in [-0.2, 0) is 4.79 Å². The molecule has 2 aliphatic rings. The Morgan fingerprint density at radius 1 is 1.45 bits per heavy atom. The van der Waals surface area contributed by atoms with Crippen LogP contribution in [0.5, 0.6) is 0 Å². The van der Waals surface area contributed by atoms with Crippen LogP contribution in [0.1, 0.15) is 65.2 Å². The summed E-state index contributed by atoms with van der Waals surface area (Å²) in [4.78, 5) is 14.3. The van der Waals surface area contributed by atoms with Gasteiger partial charge < -0.3 is 10.0 Å². The molecule has 0 bridgehead atoms.